The van der Waals surface area contributed by atoms with Crippen LogP contribution in [0.25, 0.3) is 0 Å². The van der Waals surface area contributed by atoms with Crippen molar-refractivity contribution >= 4 is 0 Å². The molecule has 0 radical (unpaired) electrons. The van der Waals surface area contributed by atoms with Gasteiger partial charge in [0.2, 0.25) is 0 Å². The SMILES string of the molecule is Cc1cccc(CC2CC(C)CCC2CNC(C)(C)C)c1. The van der Waals surface area contributed by atoms with E-state index < -0.39 is 0 Å². The van der Waals surface area contributed by atoms with Crippen molar-refractivity contribution in [3.05, 3.63) is 35.4 Å². The van der Waals surface area contributed by atoms with E-state index in [1.54, 1.807) is 0 Å². The maximum Gasteiger partial charge on any atom is 0.00966 e. The van der Waals surface area contributed by atoms with Gasteiger partial charge in [0.05, 0.1) is 0 Å². The second-order valence-electron chi connectivity index (χ2n) is 8.26. The molecular formula is C20H33N. The molecule has 0 spiro atoms. The Morgan fingerprint density at radius 2 is 1.90 bits per heavy atom. The van der Waals surface area contributed by atoms with E-state index in [-0.39, 0.29) is 5.54 Å². The number of rotatable bonds is 4. The molecule has 1 N–H and O–H groups in total. The van der Waals surface area contributed by atoms with Gasteiger partial charge in [-0.05, 0) is 76.8 Å². The third-order valence-corrected chi connectivity index (χ3v) is 4.88. The summed E-state index contributed by atoms with van der Waals surface area (Å²) >= 11 is 0. The van der Waals surface area contributed by atoms with Gasteiger partial charge in [-0.2, -0.15) is 0 Å². The Morgan fingerprint density at radius 3 is 2.57 bits per heavy atom. The lowest BCUT2D eigenvalue weighted by Gasteiger charge is -2.37. The van der Waals surface area contributed by atoms with Crippen LogP contribution in [-0.4, -0.2) is 12.1 Å². The first-order valence-electron chi connectivity index (χ1n) is 8.64. The molecule has 1 aromatic carbocycles. The van der Waals surface area contributed by atoms with E-state index in [4.69, 9.17) is 0 Å². The Hall–Kier alpha value is -0.820. The van der Waals surface area contributed by atoms with Gasteiger partial charge in [-0.1, -0.05) is 43.2 Å². The summed E-state index contributed by atoms with van der Waals surface area (Å²) in [5, 5.41) is 3.73. The van der Waals surface area contributed by atoms with Crippen LogP contribution in [0.4, 0.5) is 0 Å². The van der Waals surface area contributed by atoms with Gasteiger partial charge in [0, 0.05) is 5.54 Å². The van der Waals surface area contributed by atoms with Crippen LogP contribution in [0.1, 0.15) is 58.1 Å². The highest BCUT2D eigenvalue weighted by atomic mass is 14.9. The van der Waals surface area contributed by atoms with Crippen molar-refractivity contribution in [2.45, 2.75) is 65.8 Å². The first kappa shape index (κ1) is 16.5. The van der Waals surface area contributed by atoms with Crippen molar-refractivity contribution in [2.24, 2.45) is 17.8 Å². The van der Waals surface area contributed by atoms with E-state index in [0.29, 0.717) is 0 Å². The first-order chi connectivity index (χ1) is 9.83. The minimum Gasteiger partial charge on any atom is -0.312 e. The number of hydrogen-bond donors (Lipinski definition) is 1. The molecular weight excluding hydrogens is 254 g/mol. The van der Waals surface area contributed by atoms with Crippen molar-refractivity contribution in [1.82, 2.24) is 5.32 Å². The number of hydrogen-bond acceptors (Lipinski definition) is 1. The molecule has 118 valence electrons. The topological polar surface area (TPSA) is 12.0 Å². The highest BCUT2D eigenvalue weighted by Crippen LogP contribution is 2.35. The van der Waals surface area contributed by atoms with Crippen LogP contribution in [0.15, 0.2) is 24.3 Å². The number of aryl methyl sites for hydroxylation is 1. The number of benzene rings is 1. The standard InChI is InChI=1S/C20H33N/c1-15-7-6-8-17(11-15)13-19-12-16(2)9-10-18(19)14-21-20(3,4)5/h6-8,11,16,18-19,21H,9-10,12-14H2,1-5H3. The van der Waals surface area contributed by atoms with E-state index in [2.05, 4.69) is 64.2 Å². The van der Waals surface area contributed by atoms with Crippen LogP contribution in [0.2, 0.25) is 0 Å². The fraction of sp³-hybridized carbons (Fsp3) is 0.700. The molecule has 1 fully saturated rings. The molecule has 0 aromatic heterocycles. The van der Waals surface area contributed by atoms with Crippen LogP contribution in [0.5, 0.6) is 0 Å². The van der Waals surface area contributed by atoms with Crippen LogP contribution < -0.4 is 5.32 Å². The molecule has 1 aromatic rings. The van der Waals surface area contributed by atoms with Gasteiger partial charge in [-0.25, -0.2) is 0 Å². The van der Waals surface area contributed by atoms with Crippen molar-refractivity contribution in [1.29, 1.82) is 0 Å². The molecule has 0 bridgehead atoms. The molecule has 3 unspecified atom stereocenters. The fourth-order valence-electron chi connectivity index (χ4n) is 3.66. The Morgan fingerprint density at radius 1 is 1.14 bits per heavy atom. The summed E-state index contributed by atoms with van der Waals surface area (Å²) in [6, 6.07) is 9.08. The minimum absolute atomic E-state index is 0.233. The van der Waals surface area contributed by atoms with Crippen LogP contribution in [0, 0.1) is 24.7 Å². The molecule has 0 heterocycles. The Balaban J connectivity index is 2.01. The molecule has 0 saturated heterocycles. The molecule has 1 aliphatic rings. The highest BCUT2D eigenvalue weighted by Gasteiger charge is 2.29. The maximum atomic E-state index is 3.73. The Bertz CT molecular complexity index is 443. The molecule has 1 aliphatic carbocycles. The second kappa shape index (κ2) is 6.96. The summed E-state index contributed by atoms with van der Waals surface area (Å²) in [7, 11) is 0. The average molecular weight is 287 g/mol. The normalized spacial score (nSPS) is 26.8. The molecule has 0 aliphatic heterocycles. The summed E-state index contributed by atoms with van der Waals surface area (Å²) in [5.74, 6) is 2.57. The second-order valence-corrected chi connectivity index (χ2v) is 8.26. The van der Waals surface area contributed by atoms with Gasteiger partial charge in [0.15, 0.2) is 0 Å². The highest BCUT2D eigenvalue weighted by molar-refractivity contribution is 5.22. The molecule has 21 heavy (non-hydrogen) atoms. The molecule has 1 heteroatoms. The van der Waals surface area contributed by atoms with Crippen molar-refractivity contribution in [2.75, 3.05) is 6.54 Å². The molecule has 1 nitrogen and oxygen atoms in total. The van der Waals surface area contributed by atoms with Gasteiger partial charge in [0.1, 0.15) is 0 Å². The smallest absolute Gasteiger partial charge is 0.00966 e. The number of nitrogens with one attached hydrogen (secondary N) is 1. The lowest BCUT2D eigenvalue weighted by Crippen LogP contribution is -2.42. The quantitative estimate of drug-likeness (QED) is 0.823. The third-order valence-electron chi connectivity index (χ3n) is 4.88. The molecule has 2 rings (SSSR count). The van der Waals surface area contributed by atoms with Crippen LogP contribution in [-0.2, 0) is 6.42 Å². The summed E-state index contributed by atoms with van der Waals surface area (Å²) in [6.07, 6.45) is 5.44. The lowest BCUT2D eigenvalue weighted by atomic mass is 9.72. The van der Waals surface area contributed by atoms with E-state index in [1.807, 2.05) is 0 Å². The monoisotopic (exact) mass is 287 g/mol. The van der Waals surface area contributed by atoms with Gasteiger partial charge in [-0.15, -0.1) is 0 Å². The van der Waals surface area contributed by atoms with Gasteiger partial charge < -0.3 is 5.32 Å². The first-order valence-corrected chi connectivity index (χ1v) is 8.64. The van der Waals surface area contributed by atoms with Crippen molar-refractivity contribution < 1.29 is 0 Å². The zero-order valence-corrected chi connectivity index (χ0v) is 14.6. The summed E-state index contributed by atoms with van der Waals surface area (Å²) in [6.45, 7) is 12.6. The summed E-state index contributed by atoms with van der Waals surface area (Å²) in [4.78, 5) is 0. The maximum absolute atomic E-state index is 3.73. The average Bonchev–Trinajstić information content (AvgIpc) is 2.36. The zero-order valence-electron chi connectivity index (χ0n) is 14.6. The minimum atomic E-state index is 0.233. The summed E-state index contributed by atoms with van der Waals surface area (Å²) < 4.78 is 0. The Labute approximate surface area is 131 Å². The predicted octanol–water partition coefficient (Wildman–Crippen LogP) is 4.98. The van der Waals surface area contributed by atoms with Gasteiger partial charge in [-0.3, -0.25) is 0 Å². The van der Waals surface area contributed by atoms with Crippen LogP contribution >= 0.6 is 0 Å². The van der Waals surface area contributed by atoms with E-state index >= 15 is 0 Å². The fourth-order valence-corrected chi connectivity index (χ4v) is 3.66. The molecule has 3 atom stereocenters. The largest absolute Gasteiger partial charge is 0.312 e. The lowest BCUT2D eigenvalue weighted by molar-refractivity contribution is 0.174. The van der Waals surface area contributed by atoms with Gasteiger partial charge >= 0.3 is 0 Å². The van der Waals surface area contributed by atoms with Crippen LogP contribution in [0.3, 0.4) is 0 Å². The van der Waals surface area contributed by atoms with Gasteiger partial charge in [0.25, 0.3) is 0 Å². The molecule has 1 saturated carbocycles. The third kappa shape index (κ3) is 5.47. The predicted molar refractivity (Wildman–Crippen MR) is 92.6 cm³/mol. The van der Waals surface area contributed by atoms with Crippen molar-refractivity contribution in [3.8, 4) is 0 Å². The van der Waals surface area contributed by atoms with E-state index in [9.17, 15) is 0 Å². The van der Waals surface area contributed by atoms with Crippen molar-refractivity contribution in [3.63, 3.8) is 0 Å². The summed E-state index contributed by atoms with van der Waals surface area (Å²) in [5.41, 5.74) is 3.15. The zero-order chi connectivity index (χ0) is 15.5. The molecule has 0 amide bonds. The van der Waals surface area contributed by atoms with E-state index in [0.717, 1.165) is 17.8 Å². The Kier molecular flexibility index (Phi) is 5.48. The van der Waals surface area contributed by atoms with E-state index in [1.165, 1.54) is 43.4 Å².